The van der Waals surface area contributed by atoms with Gasteiger partial charge in [0.1, 0.15) is 11.9 Å². The van der Waals surface area contributed by atoms with Crippen molar-refractivity contribution >= 4 is 29.1 Å². The molecule has 210 valence electrons. The van der Waals surface area contributed by atoms with Gasteiger partial charge in [0.25, 0.3) is 17.4 Å². The number of para-hydroxylation sites is 1. The molecule has 5 unspecified atom stereocenters. The number of nitrogens with one attached hydrogen (secondary N) is 2. The SMILES string of the molecule is CCC=CC(Nc1ccccc1C(N)=O)C(O)C1=C(C)C(=O)C2(O1)C(=O)NC(OC)(C(=O)c1ccccc1)C2O. The monoisotopic (exact) mass is 549 g/mol. The molecule has 1 saturated heterocycles. The quantitative estimate of drug-likeness (QED) is 0.166. The maximum absolute atomic E-state index is 13.6. The lowest BCUT2D eigenvalue weighted by atomic mass is 9.85. The molecule has 6 N–H and O–H groups in total. The number of ether oxygens (including phenoxy) is 2. The smallest absolute Gasteiger partial charge is 0.278 e. The number of hydrogen-bond donors (Lipinski definition) is 5. The Morgan fingerprint density at radius 3 is 2.45 bits per heavy atom. The summed E-state index contributed by atoms with van der Waals surface area (Å²) in [6.07, 6.45) is 0.302. The molecule has 4 rings (SSSR count). The van der Waals surface area contributed by atoms with Gasteiger partial charge in [-0.25, -0.2) is 0 Å². The van der Waals surface area contributed by atoms with E-state index < -0.39 is 53.0 Å². The third-order valence-corrected chi connectivity index (χ3v) is 7.12. The van der Waals surface area contributed by atoms with Crippen LogP contribution < -0.4 is 16.4 Å². The van der Waals surface area contributed by atoms with Crippen molar-refractivity contribution in [2.75, 3.05) is 12.4 Å². The Balaban J connectivity index is 1.70. The number of amides is 2. The van der Waals surface area contributed by atoms with Crippen molar-refractivity contribution in [3.63, 3.8) is 0 Å². The van der Waals surface area contributed by atoms with Gasteiger partial charge in [0.05, 0.1) is 11.6 Å². The van der Waals surface area contributed by atoms with Crippen LogP contribution in [0.2, 0.25) is 0 Å². The predicted octanol–water partition coefficient (Wildman–Crippen LogP) is 1.22. The number of anilines is 1. The number of ketones is 2. The third kappa shape index (κ3) is 4.47. The van der Waals surface area contributed by atoms with Crippen LogP contribution in [0.25, 0.3) is 0 Å². The second-order valence-electron chi connectivity index (χ2n) is 9.51. The fourth-order valence-electron chi connectivity index (χ4n) is 4.96. The molecule has 1 fully saturated rings. The number of carbonyl (C=O) groups excluding carboxylic acids is 4. The average Bonchev–Trinajstić information content (AvgIpc) is 3.36. The molecule has 2 heterocycles. The fraction of sp³-hybridized carbons (Fsp3) is 0.310. The van der Waals surface area contributed by atoms with E-state index in [9.17, 15) is 29.4 Å². The molecule has 0 saturated carbocycles. The van der Waals surface area contributed by atoms with E-state index in [1.807, 2.05) is 6.92 Å². The number of allylic oxidation sites excluding steroid dienone is 1. The summed E-state index contributed by atoms with van der Waals surface area (Å²) >= 11 is 0. The second kappa shape index (κ2) is 11.0. The molecule has 2 aromatic rings. The highest BCUT2D eigenvalue weighted by Crippen LogP contribution is 2.44. The van der Waals surface area contributed by atoms with E-state index in [2.05, 4.69) is 10.6 Å². The van der Waals surface area contributed by atoms with Crippen LogP contribution >= 0.6 is 0 Å². The van der Waals surface area contributed by atoms with Crippen molar-refractivity contribution < 1.29 is 38.9 Å². The van der Waals surface area contributed by atoms with Gasteiger partial charge in [-0.05, 0) is 25.5 Å². The van der Waals surface area contributed by atoms with Gasteiger partial charge in [-0.15, -0.1) is 0 Å². The number of hydrogen-bond acceptors (Lipinski definition) is 9. The predicted molar refractivity (Wildman–Crippen MR) is 144 cm³/mol. The highest BCUT2D eigenvalue weighted by Gasteiger charge is 2.74. The summed E-state index contributed by atoms with van der Waals surface area (Å²) < 4.78 is 11.2. The Morgan fingerprint density at radius 2 is 1.82 bits per heavy atom. The molecular formula is C29H31N3O8. The van der Waals surface area contributed by atoms with E-state index in [-0.39, 0.29) is 22.5 Å². The van der Waals surface area contributed by atoms with Crippen LogP contribution in [0, 0.1) is 0 Å². The largest absolute Gasteiger partial charge is 0.467 e. The van der Waals surface area contributed by atoms with Gasteiger partial charge in [-0.2, -0.15) is 0 Å². The molecule has 0 aromatic heterocycles. The molecule has 40 heavy (non-hydrogen) atoms. The van der Waals surface area contributed by atoms with Gasteiger partial charge in [0.15, 0.2) is 6.10 Å². The van der Waals surface area contributed by atoms with Gasteiger partial charge in [0, 0.05) is 23.9 Å². The summed E-state index contributed by atoms with van der Waals surface area (Å²) in [4.78, 5) is 52.3. The molecule has 2 aromatic carbocycles. The van der Waals surface area contributed by atoms with Crippen LogP contribution in [-0.4, -0.2) is 70.3 Å². The Morgan fingerprint density at radius 1 is 1.18 bits per heavy atom. The Kier molecular flexibility index (Phi) is 7.92. The maximum Gasteiger partial charge on any atom is 0.278 e. The first kappa shape index (κ1) is 28.7. The van der Waals surface area contributed by atoms with E-state index in [4.69, 9.17) is 15.2 Å². The highest BCUT2D eigenvalue weighted by molar-refractivity contribution is 6.23. The van der Waals surface area contributed by atoms with E-state index in [1.54, 1.807) is 48.6 Å². The molecule has 11 nitrogen and oxygen atoms in total. The van der Waals surface area contributed by atoms with Crippen LogP contribution in [0.4, 0.5) is 5.69 Å². The third-order valence-electron chi connectivity index (χ3n) is 7.12. The number of aliphatic hydroxyl groups is 2. The van der Waals surface area contributed by atoms with Crippen LogP contribution in [0.1, 0.15) is 41.0 Å². The van der Waals surface area contributed by atoms with Crippen LogP contribution in [0.15, 0.2) is 78.1 Å². The van der Waals surface area contributed by atoms with Crippen molar-refractivity contribution in [2.45, 2.75) is 49.8 Å². The number of carbonyl (C=O) groups is 4. The minimum absolute atomic E-state index is 0.123. The van der Waals surface area contributed by atoms with Crippen LogP contribution in [-0.2, 0) is 19.1 Å². The first-order valence-electron chi connectivity index (χ1n) is 12.7. The van der Waals surface area contributed by atoms with Gasteiger partial charge in [-0.3, -0.25) is 19.2 Å². The number of Topliss-reactive ketones (excluding diaryl/α,β-unsaturated/α-hetero) is 2. The van der Waals surface area contributed by atoms with Crippen LogP contribution in [0.5, 0.6) is 0 Å². The molecule has 0 aliphatic carbocycles. The number of aliphatic hydroxyl groups excluding tert-OH is 2. The molecular weight excluding hydrogens is 518 g/mol. The number of benzene rings is 2. The summed E-state index contributed by atoms with van der Waals surface area (Å²) in [5, 5.41) is 28.2. The lowest BCUT2D eigenvalue weighted by Crippen LogP contribution is -2.60. The molecule has 5 atom stereocenters. The molecule has 2 amide bonds. The van der Waals surface area contributed by atoms with Crippen molar-refractivity contribution in [1.82, 2.24) is 5.32 Å². The standard InChI is InChI=1S/C29H31N3O8/c1-4-5-14-20(31-19-15-10-9-13-18(19)25(30)36)21(33)22-16(2)23(34)28(40-22)26(37)29(39-3,32-27(28)38)24(35)17-11-7-6-8-12-17/h5-15,20-21,26,31,33,37H,4H2,1-3H3,(H2,30,36)(H,32,38). The maximum atomic E-state index is 13.6. The number of primary amides is 1. The zero-order valence-corrected chi connectivity index (χ0v) is 22.2. The minimum atomic E-state index is -2.58. The first-order chi connectivity index (χ1) is 19.0. The summed E-state index contributed by atoms with van der Waals surface area (Å²) in [6, 6.07) is 13.3. The Hall–Kier alpha value is -4.32. The van der Waals surface area contributed by atoms with Crippen molar-refractivity contribution in [2.24, 2.45) is 5.73 Å². The first-order valence-corrected chi connectivity index (χ1v) is 12.7. The Labute approximate surface area is 230 Å². The zero-order chi connectivity index (χ0) is 29.2. The summed E-state index contributed by atoms with van der Waals surface area (Å²) in [7, 11) is 1.12. The van der Waals surface area contributed by atoms with E-state index >= 15 is 0 Å². The lowest BCUT2D eigenvalue weighted by Gasteiger charge is -2.33. The van der Waals surface area contributed by atoms with Gasteiger partial charge >= 0.3 is 0 Å². The molecule has 2 aliphatic heterocycles. The van der Waals surface area contributed by atoms with Gasteiger partial charge in [0.2, 0.25) is 17.3 Å². The van der Waals surface area contributed by atoms with E-state index in [0.717, 1.165) is 7.11 Å². The summed E-state index contributed by atoms with van der Waals surface area (Å²) in [6.45, 7) is 3.22. The molecule has 1 spiro atoms. The number of nitrogens with two attached hydrogens (primary N) is 1. The zero-order valence-electron chi connectivity index (χ0n) is 22.2. The average molecular weight is 550 g/mol. The number of methoxy groups -OCH3 is 1. The fourth-order valence-corrected chi connectivity index (χ4v) is 4.96. The summed E-state index contributed by atoms with van der Waals surface area (Å²) in [5.41, 5.74) is 1.08. The molecule has 0 bridgehead atoms. The Bertz CT molecular complexity index is 1400. The van der Waals surface area contributed by atoms with Gasteiger partial charge < -0.3 is 36.1 Å². The van der Waals surface area contributed by atoms with Crippen LogP contribution in [0.3, 0.4) is 0 Å². The van der Waals surface area contributed by atoms with Crippen molar-refractivity contribution in [3.8, 4) is 0 Å². The highest BCUT2D eigenvalue weighted by atomic mass is 16.6. The lowest BCUT2D eigenvalue weighted by molar-refractivity contribution is -0.162. The van der Waals surface area contributed by atoms with E-state index in [1.165, 1.54) is 25.1 Å². The number of rotatable bonds is 10. The van der Waals surface area contributed by atoms with Gasteiger partial charge in [-0.1, -0.05) is 61.5 Å². The second-order valence-corrected chi connectivity index (χ2v) is 9.51. The van der Waals surface area contributed by atoms with Crippen molar-refractivity contribution in [1.29, 1.82) is 0 Å². The minimum Gasteiger partial charge on any atom is -0.467 e. The topological polar surface area (TPSA) is 177 Å². The molecule has 2 aliphatic rings. The molecule has 0 radical (unpaired) electrons. The normalized spacial score (nSPS) is 25.7. The molecule has 11 heteroatoms. The summed E-state index contributed by atoms with van der Waals surface area (Å²) in [5.74, 6) is -3.78. The van der Waals surface area contributed by atoms with Crippen molar-refractivity contribution in [3.05, 3.63) is 89.2 Å². The van der Waals surface area contributed by atoms with E-state index in [0.29, 0.717) is 12.1 Å².